The molecule has 0 amide bonds. The average Bonchev–Trinajstić information content (AvgIpc) is 2.96. The van der Waals surface area contributed by atoms with Crippen LogP contribution in [0.5, 0.6) is 5.75 Å². The number of hydrogen-bond donors (Lipinski definition) is 1. The summed E-state index contributed by atoms with van der Waals surface area (Å²) in [6, 6.07) is 7.41. The molecule has 1 fully saturated rings. The summed E-state index contributed by atoms with van der Waals surface area (Å²) in [5.41, 5.74) is 1.08. The maximum absolute atomic E-state index is 13.2. The van der Waals surface area contributed by atoms with Crippen LogP contribution in [0.1, 0.15) is 26.3 Å². The molecule has 1 N–H and O–H groups in total. The lowest BCUT2D eigenvalue weighted by atomic mass is 9.52. The number of methoxy groups -OCH3 is 1. The summed E-state index contributed by atoms with van der Waals surface area (Å²) in [7, 11) is 1.61. The molecule has 0 spiro atoms. The van der Waals surface area contributed by atoms with Gasteiger partial charge in [-0.15, -0.1) is 0 Å². The SMILES string of the molecule is COc1ccc(C2=C[C@H]3[C@@H]4C(=O)[C@](C)(O)[C@@H](C=C4C(C)C)[C@H]3C2=O)cc1. The molecule has 0 aliphatic heterocycles. The van der Waals surface area contributed by atoms with Crippen molar-refractivity contribution in [1.29, 1.82) is 0 Å². The van der Waals surface area contributed by atoms with E-state index in [9.17, 15) is 14.7 Å². The van der Waals surface area contributed by atoms with Crippen LogP contribution >= 0.6 is 0 Å². The van der Waals surface area contributed by atoms with Crippen LogP contribution in [0.25, 0.3) is 5.57 Å². The van der Waals surface area contributed by atoms with Crippen molar-refractivity contribution in [2.24, 2.45) is 29.6 Å². The first-order chi connectivity index (χ1) is 12.3. The van der Waals surface area contributed by atoms with Crippen molar-refractivity contribution < 1.29 is 19.4 Å². The number of aliphatic hydroxyl groups is 1. The van der Waals surface area contributed by atoms with E-state index >= 15 is 0 Å². The first-order valence-electron chi connectivity index (χ1n) is 9.16. The van der Waals surface area contributed by atoms with Crippen LogP contribution in [0.15, 0.2) is 42.0 Å². The summed E-state index contributed by atoms with van der Waals surface area (Å²) < 4.78 is 5.19. The number of ketones is 2. The number of Topliss-reactive ketones (excluding diaryl/α,β-unsaturated/α-hetero) is 2. The topological polar surface area (TPSA) is 63.6 Å². The number of fused-ring (bicyclic) bond motifs is 1. The summed E-state index contributed by atoms with van der Waals surface area (Å²) >= 11 is 0. The molecule has 0 unspecified atom stereocenters. The van der Waals surface area contributed by atoms with Crippen LogP contribution < -0.4 is 4.74 Å². The second-order valence-corrected chi connectivity index (χ2v) is 8.11. The van der Waals surface area contributed by atoms with Gasteiger partial charge in [0.05, 0.1) is 7.11 Å². The molecule has 1 saturated carbocycles. The molecular formula is C22H24O4. The lowest BCUT2D eigenvalue weighted by Gasteiger charge is -2.51. The third-order valence-corrected chi connectivity index (χ3v) is 6.34. The maximum atomic E-state index is 13.2. The number of hydrogen-bond acceptors (Lipinski definition) is 4. The van der Waals surface area contributed by atoms with Gasteiger partial charge in [0.1, 0.15) is 11.4 Å². The lowest BCUT2D eigenvalue weighted by Crippen LogP contribution is -2.61. The lowest BCUT2D eigenvalue weighted by molar-refractivity contribution is -0.158. The zero-order valence-corrected chi connectivity index (χ0v) is 15.5. The van der Waals surface area contributed by atoms with E-state index in [1.807, 2.05) is 36.4 Å². The summed E-state index contributed by atoms with van der Waals surface area (Å²) in [5, 5.41) is 10.8. The van der Waals surface area contributed by atoms with Crippen molar-refractivity contribution in [3.8, 4) is 5.75 Å². The molecule has 0 radical (unpaired) electrons. The fraction of sp³-hybridized carbons (Fsp3) is 0.455. The molecule has 136 valence electrons. The van der Waals surface area contributed by atoms with Crippen molar-refractivity contribution in [1.82, 2.24) is 0 Å². The Morgan fingerprint density at radius 3 is 2.35 bits per heavy atom. The van der Waals surface area contributed by atoms with Gasteiger partial charge in [0.2, 0.25) is 0 Å². The van der Waals surface area contributed by atoms with E-state index in [0.29, 0.717) is 5.57 Å². The first-order valence-corrected chi connectivity index (χ1v) is 9.16. The van der Waals surface area contributed by atoms with Gasteiger partial charge in [0.15, 0.2) is 11.6 Å². The molecule has 0 aromatic heterocycles. The second-order valence-electron chi connectivity index (χ2n) is 8.11. The van der Waals surface area contributed by atoms with Crippen LogP contribution in [-0.4, -0.2) is 29.4 Å². The van der Waals surface area contributed by atoms with Crippen LogP contribution in [0, 0.1) is 29.6 Å². The van der Waals surface area contributed by atoms with E-state index in [4.69, 9.17) is 4.74 Å². The second kappa shape index (κ2) is 5.65. The van der Waals surface area contributed by atoms with E-state index < -0.39 is 17.4 Å². The van der Waals surface area contributed by atoms with Crippen LogP contribution in [-0.2, 0) is 9.59 Å². The van der Waals surface area contributed by atoms with Gasteiger partial charge in [-0.25, -0.2) is 0 Å². The van der Waals surface area contributed by atoms with E-state index in [1.165, 1.54) is 0 Å². The van der Waals surface area contributed by atoms with Gasteiger partial charge in [0, 0.05) is 29.2 Å². The predicted molar refractivity (Wildman–Crippen MR) is 98.5 cm³/mol. The van der Waals surface area contributed by atoms with Gasteiger partial charge in [-0.2, -0.15) is 0 Å². The highest BCUT2D eigenvalue weighted by Crippen LogP contribution is 2.57. The highest BCUT2D eigenvalue weighted by molar-refractivity contribution is 6.25. The summed E-state index contributed by atoms with van der Waals surface area (Å²) in [4.78, 5) is 26.2. The number of ether oxygens (including phenoxy) is 1. The minimum Gasteiger partial charge on any atom is -0.497 e. The summed E-state index contributed by atoms with van der Waals surface area (Å²) in [5.74, 6) is -0.526. The monoisotopic (exact) mass is 352 g/mol. The summed E-state index contributed by atoms with van der Waals surface area (Å²) in [6.45, 7) is 5.69. The average molecular weight is 352 g/mol. The molecule has 2 bridgehead atoms. The standard InChI is InChI=1S/C22H24O4/c1-11(2)14-10-17-19-16(18(14)21(24)22(17,3)25)9-15(20(19)23)12-5-7-13(26-4)8-6-12/h5-11,16-19,25H,1-4H3/t16-,17-,18+,19-,22+/m0/s1. The molecule has 0 heterocycles. The number of rotatable bonds is 3. The fourth-order valence-electron chi connectivity index (χ4n) is 4.95. The Morgan fingerprint density at radius 1 is 1.12 bits per heavy atom. The molecule has 5 atom stereocenters. The van der Waals surface area contributed by atoms with E-state index in [-0.39, 0.29) is 29.3 Å². The van der Waals surface area contributed by atoms with E-state index in [0.717, 1.165) is 16.9 Å². The Balaban J connectivity index is 1.79. The third kappa shape index (κ3) is 2.18. The van der Waals surface area contributed by atoms with Gasteiger partial charge >= 0.3 is 0 Å². The Morgan fingerprint density at radius 2 is 1.77 bits per heavy atom. The van der Waals surface area contributed by atoms with Gasteiger partial charge in [-0.3, -0.25) is 9.59 Å². The Labute approximate surface area is 153 Å². The highest BCUT2D eigenvalue weighted by atomic mass is 16.5. The normalized spacial score (nSPS) is 35.5. The van der Waals surface area contributed by atoms with Gasteiger partial charge in [0.25, 0.3) is 0 Å². The fourth-order valence-corrected chi connectivity index (χ4v) is 4.95. The predicted octanol–water partition coefficient (Wildman–Crippen LogP) is 3.06. The third-order valence-electron chi connectivity index (χ3n) is 6.34. The smallest absolute Gasteiger partial charge is 0.172 e. The Kier molecular flexibility index (Phi) is 3.74. The Bertz CT molecular complexity index is 841. The van der Waals surface area contributed by atoms with Crippen molar-refractivity contribution >= 4 is 17.1 Å². The molecule has 1 aromatic rings. The minimum absolute atomic E-state index is 0.0296. The largest absolute Gasteiger partial charge is 0.497 e. The molecule has 4 heteroatoms. The van der Waals surface area contributed by atoms with Crippen LogP contribution in [0.4, 0.5) is 0 Å². The van der Waals surface area contributed by atoms with Crippen LogP contribution in [0.2, 0.25) is 0 Å². The highest BCUT2D eigenvalue weighted by Gasteiger charge is 2.62. The molecule has 0 saturated heterocycles. The molecule has 4 aliphatic rings. The number of carbonyl (C=O) groups excluding carboxylic acids is 2. The summed E-state index contributed by atoms with van der Waals surface area (Å²) in [6.07, 6.45) is 3.97. The van der Waals surface area contributed by atoms with Gasteiger partial charge in [-0.1, -0.05) is 43.7 Å². The zero-order chi connectivity index (χ0) is 18.8. The van der Waals surface area contributed by atoms with Crippen molar-refractivity contribution in [2.75, 3.05) is 7.11 Å². The number of allylic oxidation sites excluding steroid dienone is 3. The number of carbonyl (C=O) groups is 2. The molecule has 1 aromatic carbocycles. The van der Waals surface area contributed by atoms with Gasteiger partial charge in [-0.05, 0) is 30.5 Å². The first kappa shape index (κ1) is 17.2. The van der Waals surface area contributed by atoms with Gasteiger partial charge < -0.3 is 9.84 Å². The molecular weight excluding hydrogens is 328 g/mol. The van der Waals surface area contributed by atoms with Crippen molar-refractivity contribution in [3.63, 3.8) is 0 Å². The van der Waals surface area contributed by atoms with E-state index in [1.54, 1.807) is 14.0 Å². The number of benzene rings is 1. The Hall–Kier alpha value is -2.20. The minimum atomic E-state index is -1.47. The quantitative estimate of drug-likeness (QED) is 0.849. The molecule has 5 rings (SSSR count). The molecule has 4 nitrogen and oxygen atoms in total. The molecule has 26 heavy (non-hydrogen) atoms. The van der Waals surface area contributed by atoms with Crippen LogP contribution in [0.3, 0.4) is 0 Å². The van der Waals surface area contributed by atoms with Crippen molar-refractivity contribution in [2.45, 2.75) is 26.4 Å². The van der Waals surface area contributed by atoms with E-state index in [2.05, 4.69) is 13.8 Å². The van der Waals surface area contributed by atoms with Crippen molar-refractivity contribution in [3.05, 3.63) is 47.6 Å². The zero-order valence-electron chi connectivity index (χ0n) is 15.5. The maximum Gasteiger partial charge on any atom is 0.172 e. The molecule has 4 aliphatic carbocycles.